The van der Waals surface area contributed by atoms with Crippen LogP contribution in [0.2, 0.25) is 0 Å². The van der Waals surface area contributed by atoms with Crippen molar-refractivity contribution in [1.29, 1.82) is 0 Å². The van der Waals surface area contributed by atoms with E-state index in [1.807, 2.05) is 0 Å². The first-order valence-corrected chi connectivity index (χ1v) is 9.63. The topological polar surface area (TPSA) is 30.3 Å². The summed E-state index contributed by atoms with van der Waals surface area (Å²) in [7, 11) is 0. The minimum atomic E-state index is 0.449. The minimum Gasteiger partial charge on any atom is -0.381 e. The molecular weight excluding hydrogens is 306 g/mol. The fourth-order valence-electron chi connectivity index (χ4n) is 3.45. The normalized spacial score (nSPS) is 21.5. The van der Waals surface area contributed by atoms with E-state index < -0.39 is 0 Å². The van der Waals surface area contributed by atoms with Crippen LogP contribution in [0, 0.1) is 5.92 Å². The molecule has 0 unspecified atom stereocenters. The van der Waals surface area contributed by atoms with Gasteiger partial charge in [-0.05, 0) is 48.1 Å². The minimum absolute atomic E-state index is 0.449. The predicted octanol–water partition coefficient (Wildman–Crippen LogP) is 3.49. The molecule has 23 heavy (non-hydrogen) atoms. The van der Waals surface area contributed by atoms with Gasteiger partial charge in [0.05, 0.1) is 12.3 Å². The number of hydrogen-bond acceptors (Lipinski definition) is 4. The highest BCUT2D eigenvalue weighted by Gasteiger charge is 2.30. The highest BCUT2D eigenvalue weighted by atomic mass is 32.1. The molecule has 124 valence electrons. The molecule has 0 saturated heterocycles. The maximum atomic E-state index is 5.75. The number of rotatable bonds is 7. The molecule has 2 aliphatic rings. The van der Waals surface area contributed by atoms with Crippen LogP contribution in [0.25, 0.3) is 0 Å². The monoisotopic (exact) mass is 331 g/mol. The fourth-order valence-corrected chi connectivity index (χ4v) is 4.11. The Morgan fingerprint density at radius 2 is 2.30 bits per heavy atom. The maximum absolute atomic E-state index is 5.75. The zero-order valence-electron chi connectivity index (χ0n) is 13.8. The van der Waals surface area contributed by atoms with Crippen molar-refractivity contribution in [2.24, 2.45) is 5.92 Å². The highest BCUT2D eigenvalue weighted by Crippen LogP contribution is 2.33. The first-order chi connectivity index (χ1) is 11.3. The van der Waals surface area contributed by atoms with E-state index in [9.17, 15) is 0 Å². The smallest absolute Gasteiger partial charge is 0.0801 e. The van der Waals surface area contributed by atoms with Gasteiger partial charge in [0.2, 0.25) is 0 Å². The van der Waals surface area contributed by atoms with Crippen LogP contribution in [0.3, 0.4) is 0 Å². The van der Waals surface area contributed by atoms with Crippen molar-refractivity contribution in [2.45, 2.75) is 45.3 Å². The van der Waals surface area contributed by atoms with Gasteiger partial charge in [-0.25, -0.2) is 0 Å². The maximum Gasteiger partial charge on any atom is 0.0801 e. The Kier molecular flexibility index (Phi) is 4.51. The van der Waals surface area contributed by atoms with Crippen LogP contribution >= 0.6 is 11.3 Å². The van der Waals surface area contributed by atoms with Gasteiger partial charge in [-0.1, -0.05) is 0 Å². The lowest BCUT2D eigenvalue weighted by atomic mass is 9.95. The van der Waals surface area contributed by atoms with Gasteiger partial charge in [0.15, 0.2) is 0 Å². The standard InChI is InChI=1S/C18H25N3OS/c1-2-22-12-16-9-20(7-15-5-6-23-13-15)11-18-17(16)10-21(19-18)8-14-3-4-14/h5-6,10,13-14,16H,2-4,7-9,11-12H2,1H3/t16-/m1/s1. The molecule has 1 atom stereocenters. The molecule has 1 fully saturated rings. The van der Waals surface area contributed by atoms with Crippen molar-refractivity contribution in [1.82, 2.24) is 14.7 Å². The number of hydrogen-bond donors (Lipinski definition) is 0. The average Bonchev–Trinajstić information content (AvgIpc) is 3.04. The van der Waals surface area contributed by atoms with Crippen molar-refractivity contribution >= 4 is 11.3 Å². The van der Waals surface area contributed by atoms with E-state index in [1.54, 1.807) is 11.3 Å². The molecule has 5 heteroatoms. The van der Waals surface area contributed by atoms with E-state index in [2.05, 4.69) is 39.5 Å². The van der Waals surface area contributed by atoms with Crippen molar-refractivity contribution in [3.63, 3.8) is 0 Å². The third kappa shape index (κ3) is 3.67. The molecule has 0 spiro atoms. The highest BCUT2D eigenvalue weighted by molar-refractivity contribution is 7.07. The average molecular weight is 331 g/mol. The molecule has 0 radical (unpaired) electrons. The van der Waals surface area contributed by atoms with E-state index in [-0.39, 0.29) is 0 Å². The number of aromatic nitrogens is 2. The molecule has 1 saturated carbocycles. The molecule has 4 nitrogen and oxygen atoms in total. The zero-order valence-corrected chi connectivity index (χ0v) is 14.6. The Hall–Kier alpha value is -1.17. The van der Waals surface area contributed by atoms with Gasteiger partial charge in [-0.15, -0.1) is 0 Å². The molecule has 1 aliphatic heterocycles. The van der Waals surface area contributed by atoms with Gasteiger partial charge in [-0.3, -0.25) is 9.58 Å². The molecule has 2 aromatic heterocycles. The first kappa shape index (κ1) is 15.4. The number of fused-ring (bicyclic) bond motifs is 1. The summed E-state index contributed by atoms with van der Waals surface area (Å²) in [5, 5.41) is 9.30. The molecule has 0 bridgehead atoms. The summed E-state index contributed by atoms with van der Waals surface area (Å²) in [4.78, 5) is 2.52. The third-order valence-corrected chi connectivity index (χ3v) is 5.55. The Balaban J connectivity index is 1.51. The molecule has 0 amide bonds. The van der Waals surface area contributed by atoms with Gasteiger partial charge in [-0.2, -0.15) is 16.4 Å². The summed E-state index contributed by atoms with van der Waals surface area (Å²) in [5.74, 6) is 1.31. The van der Waals surface area contributed by atoms with Crippen molar-refractivity contribution < 1.29 is 4.74 Å². The Morgan fingerprint density at radius 3 is 3.04 bits per heavy atom. The molecule has 3 heterocycles. The van der Waals surface area contributed by atoms with Gasteiger partial charge >= 0.3 is 0 Å². The zero-order chi connectivity index (χ0) is 15.6. The third-order valence-electron chi connectivity index (χ3n) is 4.81. The fraction of sp³-hybridized carbons (Fsp3) is 0.611. The quantitative estimate of drug-likeness (QED) is 0.778. The lowest BCUT2D eigenvalue weighted by Gasteiger charge is -2.31. The Labute approximate surface area is 142 Å². The van der Waals surface area contributed by atoms with Crippen LogP contribution < -0.4 is 0 Å². The number of thiophene rings is 1. The van der Waals surface area contributed by atoms with Gasteiger partial charge in [0.1, 0.15) is 0 Å². The summed E-state index contributed by atoms with van der Waals surface area (Å²) < 4.78 is 7.94. The molecule has 1 aliphatic carbocycles. The summed E-state index contributed by atoms with van der Waals surface area (Å²) in [6, 6.07) is 2.23. The molecule has 4 rings (SSSR count). The number of ether oxygens (including phenoxy) is 1. The lowest BCUT2D eigenvalue weighted by molar-refractivity contribution is 0.105. The Bertz CT molecular complexity index is 633. The second-order valence-electron chi connectivity index (χ2n) is 6.85. The second kappa shape index (κ2) is 6.75. The van der Waals surface area contributed by atoms with Crippen LogP contribution in [0.1, 0.15) is 42.5 Å². The van der Waals surface area contributed by atoms with E-state index in [0.717, 1.165) is 45.3 Å². The Morgan fingerprint density at radius 1 is 1.39 bits per heavy atom. The van der Waals surface area contributed by atoms with E-state index >= 15 is 0 Å². The lowest BCUT2D eigenvalue weighted by Crippen LogP contribution is -2.34. The molecule has 0 aromatic carbocycles. The van der Waals surface area contributed by atoms with Crippen molar-refractivity contribution in [3.05, 3.63) is 39.8 Å². The molecular formula is C18H25N3OS. The van der Waals surface area contributed by atoms with Gasteiger partial charge < -0.3 is 4.74 Å². The SMILES string of the molecule is CCOC[C@H]1CN(Cc2ccsc2)Cc2nn(CC3CC3)cc21. The number of nitrogens with zero attached hydrogens (tertiary/aromatic N) is 3. The first-order valence-electron chi connectivity index (χ1n) is 8.69. The van der Waals surface area contributed by atoms with Crippen molar-refractivity contribution in [2.75, 3.05) is 19.8 Å². The summed E-state index contributed by atoms with van der Waals surface area (Å²) in [6.45, 7) is 7.80. The van der Waals surface area contributed by atoms with Crippen LogP contribution in [-0.2, 0) is 24.4 Å². The van der Waals surface area contributed by atoms with E-state index in [1.165, 1.54) is 29.7 Å². The van der Waals surface area contributed by atoms with E-state index in [4.69, 9.17) is 9.84 Å². The molecule has 0 N–H and O–H groups in total. The molecule has 2 aromatic rings. The van der Waals surface area contributed by atoms with E-state index in [0.29, 0.717) is 5.92 Å². The largest absolute Gasteiger partial charge is 0.381 e. The van der Waals surface area contributed by atoms with Crippen molar-refractivity contribution in [3.8, 4) is 0 Å². The summed E-state index contributed by atoms with van der Waals surface area (Å²) >= 11 is 1.78. The second-order valence-corrected chi connectivity index (χ2v) is 7.63. The van der Waals surface area contributed by atoms with Gasteiger partial charge in [0, 0.05) is 50.5 Å². The van der Waals surface area contributed by atoms with Crippen LogP contribution in [0.5, 0.6) is 0 Å². The van der Waals surface area contributed by atoms with Gasteiger partial charge in [0.25, 0.3) is 0 Å². The summed E-state index contributed by atoms with van der Waals surface area (Å²) in [6.07, 6.45) is 5.04. The van der Waals surface area contributed by atoms with Crippen LogP contribution in [0.4, 0.5) is 0 Å². The van der Waals surface area contributed by atoms with Crippen LogP contribution in [-0.4, -0.2) is 34.4 Å². The van der Waals surface area contributed by atoms with Crippen LogP contribution in [0.15, 0.2) is 23.0 Å². The summed E-state index contributed by atoms with van der Waals surface area (Å²) in [5.41, 5.74) is 4.09. The predicted molar refractivity (Wildman–Crippen MR) is 92.6 cm³/mol.